The molecule has 1 unspecified atom stereocenters. The highest BCUT2D eigenvalue weighted by Crippen LogP contribution is 2.13. The summed E-state index contributed by atoms with van der Waals surface area (Å²) >= 11 is 0. The molecule has 0 aromatic carbocycles. The van der Waals surface area contributed by atoms with E-state index in [1.165, 1.54) is 23.9 Å². The Hall–Kier alpha value is -2.64. The van der Waals surface area contributed by atoms with Crippen molar-refractivity contribution in [3.8, 4) is 0 Å². The van der Waals surface area contributed by atoms with Gasteiger partial charge in [-0.05, 0) is 26.3 Å². The van der Waals surface area contributed by atoms with Crippen LogP contribution in [0.2, 0.25) is 0 Å². The van der Waals surface area contributed by atoms with Crippen LogP contribution in [0, 0.1) is 6.92 Å². The Morgan fingerprint density at radius 1 is 1.41 bits per heavy atom. The number of nitrogens with zero attached hydrogens (tertiary/aromatic N) is 4. The first-order chi connectivity index (χ1) is 10.4. The summed E-state index contributed by atoms with van der Waals surface area (Å²) in [4.78, 5) is 23.1. The minimum Gasteiger partial charge on any atom is -0.480 e. The predicted molar refractivity (Wildman–Crippen MR) is 79.8 cm³/mol. The van der Waals surface area contributed by atoms with E-state index in [-0.39, 0.29) is 5.69 Å². The molecule has 118 valence electrons. The minimum absolute atomic E-state index is 0.162. The maximum Gasteiger partial charge on any atom is 0.328 e. The van der Waals surface area contributed by atoms with Crippen LogP contribution in [0.15, 0.2) is 18.3 Å². The standard InChI is InChI=1S/C14H19N5O3/c1-4-6-19-12(8-9(2)16-19)15-13(20)11-5-7-18(17-11)10(3)14(21)22/h5,7-8,10H,4,6H2,1-3H3,(H,15,20)(H,21,22). The second-order valence-electron chi connectivity index (χ2n) is 5.04. The number of carbonyl (C=O) groups is 2. The second kappa shape index (κ2) is 6.42. The summed E-state index contributed by atoms with van der Waals surface area (Å²) in [5.74, 6) is -0.800. The van der Waals surface area contributed by atoms with E-state index in [1.807, 2.05) is 13.8 Å². The van der Waals surface area contributed by atoms with Crippen LogP contribution in [0.4, 0.5) is 5.82 Å². The van der Waals surface area contributed by atoms with Crippen molar-refractivity contribution in [3.63, 3.8) is 0 Å². The molecule has 22 heavy (non-hydrogen) atoms. The zero-order chi connectivity index (χ0) is 16.3. The number of aromatic nitrogens is 4. The lowest BCUT2D eigenvalue weighted by atomic mass is 10.3. The fourth-order valence-electron chi connectivity index (χ4n) is 2.00. The molecule has 2 N–H and O–H groups in total. The zero-order valence-corrected chi connectivity index (χ0v) is 12.8. The monoisotopic (exact) mass is 305 g/mol. The van der Waals surface area contributed by atoms with Gasteiger partial charge >= 0.3 is 5.97 Å². The molecule has 2 aromatic rings. The van der Waals surface area contributed by atoms with Gasteiger partial charge in [-0.25, -0.2) is 9.48 Å². The molecule has 2 aromatic heterocycles. The average Bonchev–Trinajstić information content (AvgIpc) is 3.06. The Morgan fingerprint density at radius 2 is 2.14 bits per heavy atom. The number of hydrogen-bond acceptors (Lipinski definition) is 4. The molecule has 0 bridgehead atoms. The van der Waals surface area contributed by atoms with E-state index in [0.29, 0.717) is 12.4 Å². The number of aliphatic carboxylic acids is 1. The lowest BCUT2D eigenvalue weighted by Gasteiger charge is -2.07. The Labute approximate surface area is 127 Å². The van der Waals surface area contributed by atoms with Crippen molar-refractivity contribution >= 4 is 17.7 Å². The molecule has 0 saturated carbocycles. The first kappa shape index (κ1) is 15.7. The highest BCUT2D eigenvalue weighted by atomic mass is 16.4. The van der Waals surface area contributed by atoms with Gasteiger partial charge in [0.1, 0.15) is 11.9 Å². The van der Waals surface area contributed by atoms with Crippen LogP contribution in [0.25, 0.3) is 0 Å². The van der Waals surface area contributed by atoms with Gasteiger partial charge in [0.15, 0.2) is 5.69 Å². The van der Waals surface area contributed by atoms with Gasteiger partial charge in [0.05, 0.1) is 5.69 Å². The Kier molecular flexibility index (Phi) is 4.59. The van der Waals surface area contributed by atoms with E-state index < -0.39 is 17.9 Å². The van der Waals surface area contributed by atoms with Crippen LogP contribution in [-0.4, -0.2) is 36.5 Å². The molecule has 0 aliphatic heterocycles. The predicted octanol–water partition coefficient (Wildman–Crippen LogP) is 1.70. The van der Waals surface area contributed by atoms with E-state index in [1.54, 1.807) is 10.7 Å². The quantitative estimate of drug-likeness (QED) is 0.845. The Balaban J connectivity index is 2.14. The van der Waals surface area contributed by atoms with Crippen molar-refractivity contribution in [3.05, 3.63) is 29.7 Å². The molecule has 1 amide bonds. The van der Waals surface area contributed by atoms with Crippen LogP contribution in [0.1, 0.15) is 42.5 Å². The van der Waals surface area contributed by atoms with E-state index in [0.717, 1.165) is 12.1 Å². The third kappa shape index (κ3) is 3.33. The summed E-state index contributed by atoms with van der Waals surface area (Å²) in [5.41, 5.74) is 0.976. The van der Waals surface area contributed by atoms with Gasteiger partial charge < -0.3 is 10.4 Å². The SMILES string of the molecule is CCCn1nc(C)cc1NC(=O)c1ccn(C(C)C(=O)O)n1. The number of carboxylic acids is 1. The molecule has 0 spiro atoms. The maximum atomic E-state index is 12.2. The summed E-state index contributed by atoms with van der Waals surface area (Å²) in [6.07, 6.45) is 2.37. The molecular formula is C14H19N5O3. The van der Waals surface area contributed by atoms with Crippen molar-refractivity contribution in [1.82, 2.24) is 19.6 Å². The van der Waals surface area contributed by atoms with E-state index in [4.69, 9.17) is 5.11 Å². The molecular weight excluding hydrogens is 286 g/mol. The van der Waals surface area contributed by atoms with Gasteiger partial charge in [0.2, 0.25) is 0 Å². The van der Waals surface area contributed by atoms with Crippen LogP contribution < -0.4 is 5.32 Å². The molecule has 0 fully saturated rings. The Morgan fingerprint density at radius 3 is 2.77 bits per heavy atom. The number of nitrogens with one attached hydrogen (secondary N) is 1. The molecule has 8 heteroatoms. The molecule has 2 rings (SSSR count). The zero-order valence-electron chi connectivity index (χ0n) is 12.8. The largest absolute Gasteiger partial charge is 0.480 e. The maximum absolute atomic E-state index is 12.2. The fourth-order valence-corrected chi connectivity index (χ4v) is 2.00. The van der Waals surface area contributed by atoms with E-state index in [2.05, 4.69) is 15.5 Å². The molecule has 0 aliphatic rings. The normalized spacial score (nSPS) is 12.1. The molecule has 0 saturated heterocycles. The van der Waals surface area contributed by atoms with Crippen molar-refractivity contribution in [2.75, 3.05) is 5.32 Å². The van der Waals surface area contributed by atoms with Gasteiger partial charge in [-0.2, -0.15) is 10.2 Å². The lowest BCUT2D eigenvalue weighted by molar-refractivity contribution is -0.140. The third-order valence-corrected chi connectivity index (χ3v) is 3.17. The van der Waals surface area contributed by atoms with Crippen molar-refractivity contribution in [1.29, 1.82) is 0 Å². The molecule has 0 radical (unpaired) electrons. The highest BCUT2D eigenvalue weighted by Gasteiger charge is 2.18. The van der Waals surface area contributed by atoms with Crippen LogP contribution in [0.3, 0.4) is 0 Å². The second-order valence-corrected chi connectivity index (χ2v) is 5.04. The number of carboxylic acid groups (broad SMARTS) is 1. The van der Waals surface area contributed by atoms with Gasteiger partial charge in [0, 0.05) is 18.8 Å². The summed E-state index contributed by atoms with van der Waals surface area (Å²) in [6, 6.07) is 2.45. The van der Waals surface area contributed by atoms with Crippen molar-refractivity contribution in [2.45, 2.75) is 39.8 Å². The summed E-state index contributed by atoms with van der Waals surface area (Å²) in [6.45, 7) is 6.08. The van der Waals surface area contributed by atoms with Gasteiger partial charge in [-0.1, -0.05) is 6.92 Å². The van der Waals surface area contributed by atoms with Crippen molar-refractivity contribution in [2.24, 2.45) is 0 Å². The van der Waals surface area contributed by atoms with Crippen LogP contribution >= 0.6 is 0 Å². The van der Waals surface area contributed by atoms with Gasteiger partial charge in [0.25, 0.3) is 5.91 Å². The fraction of sp³-hybridized carbons (Fsp3) is 0.429. The van der Waals surface area contributed by atoms with E-state index in [9.17, 15) is 9.59 Å². The number of anilines is 1. The number of aryl methyl sites for hydroxylation is 2. The smallest absolute Gasteiger partial charge is 0.328 e. The Bertz CT molecular complexity index is 688. The molecule has 2 heterocycles. The van der Waals surface area contributed by atoms with Crippen LogP contribution in [-0.2, 0) is 11.3 Å². The number of amides is 1. The number of hydrogen-bond donors (Lipinski definition) is 2. The summed E-state index contributed by atoms with van der Waals surface area (Å²) in [7, 11) is 0. The topological polar surface area (TPSA) is 102 Å². The summed E-state index contributed by atoms with van der Waals surface area (Å²) < 4.78 is 2.97. The molecule has 1 atom stereocenters. The molecule has 8 nitrogen and oxygen atoms in total. The first-order valence-corrected chi connectivity index (χ1v) is 7.06. The van der Waals surface area contributed by atoms with Gasteiger partial charge in [-0.3, -0.25) is 9.48 Å². The average molecular weight is 305 g/mol. The summed E-state index contributed by atoms with van der Waals surface area (Å²) in [5, 5.41) is 20.0. The van der Waals surface area contributed by atoms with Crippen LogP contribution in [0.5, 0.6) is 0 Å². The molecule has 0 aliphatic carbocycles. The minimum atomic E-state index is -1.01. The van der Waals surface area contributed by atoms with Gasteiger partial charge in [-0.15, -0.1) is 0 Å². The third-order valence-electron chi connectivity index (χ3n) is 3.17. The first-order valence-electron chi connectivity index (χ1n) is 7.06. The number of rotatable bonds is 6. The number of carbonyl (C=O) groups excluding carboxylic acids is 1. The lowest BCUT2D eigenvalue weighted by Crippen LogP contribution is -2.19. The van der Waals surface area contributed by atoms with Crippen molar-refractivity contribution < 1.29 is 14.7 Å². The van der Waals surface area contributed by atoms with E-state index >= 15 is 0 Å². The highest BCUT2D eigenvalue weighted by molar-refractivity contribution is 6.02.